The molecule has 6 nitrogen and oxygen atoms in total. The minimum Gasteiger partial charge on any atom is -0.353 e. The molecule has 0 heterocycles. The number of nitrogens with one attached hydrogen (secondary N) is 3. The molecule has 0 aliphatic carbocycles. The Kier molecular flexibility index (Phi) is 6.68. The first-order chi connectivity index (χ1) is 12.4. The molecule has 26 heavy (non-hydrogen) atoms. The van der Waals surface area contributed by atoms with Gasteiger partial charge in [0.15, 0.2) is 0 Å². The number of hydrogen-bond donors (Lipinski definition) is 3. The molecule has 2 aromatic carbocycles. The molecule has 2 aromatic rings. The third-order valence-corrected chi connectivity index (χ3v) is 3.39. The summed E-state index contributed by atoms with van der Waals surface area (Å²) in [4.78, 5) is 23.2. The second kappa shape index (κ2) is 8.96. The van der Waals surface area contributed by atoms with Gasteiger partial charge in [-0.25, -0.2) is 9.82 Å². The zero-order valence-electron chi connectivity index (χ0n) is 14.2. The van der Waals surface area contributed by atoms with Crippen molar-refractivity contribution in [3.8, 4) is 0 Å². The standard InChI is InChI=1S/C18H18ClFN4O2/c1-11(2)22-17(25)18(26)24-21-10-12-9-13(19)7-8-15(12)23-16-6-4-3-5-14(16)20/h3-11,23H,1-2H3,(H,22,25)(H,24,26)/b21-10-. The van der Waals surface area contributed by atoms with E-state index in [1.54, 1.807) is 50.2 Å². The van der Waals surface area contributed by atoms with Crippen molar-refractivity contribution in [1.82, 2.24) is 10.7 Å². The topological polar surface area (TPSA) is 82.6 Å². The molecule has 0 aliphatic rings. The highest BCUT2D eigenvalue weighted by molar-refractivity contribution is 6.35. The molecule has 2 rings (SSSR count). The lowest BCUT2D eigenvalue weighted by Gasteiger charge is -2.11. The number of hydrazone groups is 1. The summed E-state index contributed by atoms with van der Waals surface area (Å²) in [6.07, 6.45) is 1.32. The monoisotopic (exact) mass is 376 g/mol. The Hall–Kier alpha value is -2.93. The van der Waals surface area contributed by atoms with Gasteiger partial charge in [-0.2, -0.15) is 5.10 Å². The van der Waals surface area contributed by atoms with Crippen LogP contribution < -0.4 is 16.1 Å². The van der Waals surface area contributed by atoms with Gasteiger partial charge in [-0.1, -0.05) is 23.7 Å². The zero-order chi connectivity index (χ0) is 19.1. The first-order valence-electron chi connectivity index (χ1n) is 7.82. The first kappa shape index (κ1) is 19.4. The molecule has 0 fully saturated rings. The molecule has 0 saturated carbocycles. The third-order valence-electron chi connectivity index (χ3n) is 3.15. The van der Waals surface area contributed by atoms with Gasteiger partial charge in [0.25, 0.3) is 0 Å². The lowest BCUT2D eigenvalue weighted by Crippen LogP contribution is -2.41. The normalized spacial score (nSPS) is 10.8. The predicted molar refractivity (Wildman–Crippen MR) is 100 cm³/mol. The van der Waals surface area contributed by atoms with Crippen LogP contribution in [0.4, 0.5) is 15.8 Å². The Morgan fingerprint density at radius 3 is 2.54 bits per heavy atom. The largest absolute Gasteiger partial charge is 0.353 e. The van der Waals surface area contributed by atoms with Gasteiger partial charge < -0.3 is 10.6 Å². The van der Waals surface area contributed by atoms with E-state index in [1.807, 2.05) is 0 Å². The number of carbonyl (C=O) groups excluding carboxylic acids is 2. The van der Waals surface area contributed by atoms with Crippen LogP contribution in [0.15, 0.2) is 47.6 Å². The van der Waals surface area contributed by atoms with E-state index in [0.717, 1.165) is 0 Å². The van der Waals surface area contributed by atoms with Crippen molar-refractivity contribution >= 4 is 41.0 Å². The van der Waals surface area contributed by atoms with E-state index in [9.17, 15) is 14.0 Å². The lowest BCUT2D eigenvalue weighted by molar-refractivity contribution is -0.139. The van der Waals surface area contributed by atoms with Gasteiger partial charge in [0.1, 0.15) is 5.82 Å². The molecule has 0 aromatic heterocycles. The van der Waals surface area contributed by atoms with E-state index in [1.165, 1.54) is 12.3 Å². The van der Waals surface area contributed by atoms with Crippen molar-refractivity contribution in [1.29, 1.82) is 0 Å². The fourth-order valence-corrected chi connectivity index (χ4v) is 2.18. The maximum atomic E-state index is 13.8. The van der Waals surface area contributed by atoms with Crippen molar-refractivity contribution in [2.45, 2.75) is 19.9 Å². The first-order valence-corrected chi connectivity index (χ1v) is 8.19. The molecule has 3 N–H and O–H groups in total. The Bertz CT molecular complexity index is 840. The smallest absolute Gasteiger partial charge is 0.329 e. The van der Waals surface area contributed by atoms with Gasteiger partial charge in [0.05, 0.1) is 11.9 Å². The summed E-state index contributed by atoms with van der Waals surface area (Å²) >= 11 is 5.99. The number of rotatable bonds is 5. The van der Waals surface area contributed by atoms with E-state index in [-0.39, 0.29) is 11.7 Å². The Morgan fingerprint density at radius 2 is 1.85 bits per heavy atom. The number of hydrogen-bond acceptors (Lipinski definition) is 4. The predicted octanol–water partition coefficient (Wildman–Crippen LogP) is 3.20. The fourth-order valence-electron chi connectivity index (χ4n) is 2.00. The van der Waals surface area contributed by atoms with Crippen molar-refractivity contribution in [3.05, 3.63) is 58.9 Å². The van der Waals surface area contributed by atoms with Crippen LogP contribution in [-0.2, 0) is 9.59 Å². The quantitative estimate of drug-likeness (QED) is 0.425. The molecular formula is C18H18ClFN4O2. The highest BCUT2D eigenvalue weighted by atomic mass is 35.5. The van der Waals surface area contributed by atoms with Crippen LogP contribution in [-0.4, -0.2) is 24.1 Å². The summed E-state index contributed by atoms with van der Waals surface area (Å²) < 4.78 is 13.8. The average Bonchev–Trinajstić information content (AvgIpc) is 2.58. The Balaban J connectivity index is 2.13. The number of nitrogens with zero attached hydrogens (tertiary/aromatic N) is 1. The van der Waals surface area contributed by atoms with Gasteiger partial charge in [0, 0.05) is 22.3 Å². The summed E-state index contributed by atoms with van der Waals surface area (Å²) in [6.45, 7) is 3.47. The fraction of sp³-hybridized carbons (Fsp3) is 0.167. The Morgan fingerprint density at radius 1 is 1.12 bits per heavy atom. The number of anilines is 2. The third kappa shape index (κ3) is 5.56. The van der Waals surface area contributed by atoms with E-state index in [4.69, 9.17) is 11.6 Å². The summed E-state index contributed by atoms with van der Waals surface area (Å²) in [5.41, 5.74) is 3.45. The van der Waals surface area contributed by atoms with Gasteiger partial charge >= 0.3 is 11.8 Å². The molecule has 0 unspecified atom stereocenters. The maximum Gasteiger partial charge on any atom is 0.329 e. The van der Waals surface area contributed by atoms with E-state index < -0.39 is 17.6 Å². The minimum absolute atomic E-state index is 0.165. The molecule has 0 bridgehead atoms. The number of benzene rings is 2. The van der Waals surface area contributed by atoms with Crippen molar-refractivity contribution in [2.75, 3.05) is 5.32 Å². The minimum atomic E-state index is -0.888. The van der Waals surface area contributed by atoms with Gasteiger partial charge in [-0.05, 0) is 44.2 Å². The second-order valence-electron chi connectivity index (χ2n) is 5.66. The Labute approximate surface area is 155 Å². The molecule has 8 heteroatoms. The SMILES string of the molecule is CC(C)NC(=O)C(=O)N/N=C\c1cc(Cl)ccc1Nc1ccccc1F. The van der Waals surface area contributed by atoms with E-state index >= 15 is 0 Å². The molecule has 0 spiro atoms. The van der Waals surface area contributed by atoms with Crippen molar-refractivity contribution in [2.24, 2.45) is 5.10 Å². The molecular weight excluding hydrogens is 359 g/mol. The number of carbonyl (C=O) groups is 2. The van der Waals surface area contributed by atoms with Crippen LogP contribution in [0.3, 0.4) is 0 Å². The molecule has 0 atom stereocenters. The number of amides is 2. The summed E-state index contributed by atoms with van der Waals surface area (Å²) in [5.74, 6) is -2.09. The van der Waals surface area contributed by atoms with E-state index in [2.05, 4.69) is 21.2 Å². The van der Waals surface area contributed by atoms with Crippen LogP contribution in [0.25, 0.3) is 0 Å². The summed E-state index contributed by atoms with van der Waals surface area (Å²) in [5, 5.41) is 9.59. The summed E-state index contributed by atoms with van der Waals surface area (Å²) in [6, 6.07) is 10.9. The molecule has 2 amide bonds. The van der Waals surface area contributed by atoms with Crippen LogP contribution in [0.5, 0.6) is 0 Å². The second-order valence-corrected chi connectivity index (χ2v) is 6.10. The number of para-hydroxylation sites is 1. The molecule has 0 aliphatic heterocycles. The highest BCUT2D eigenvalue weighted by Crippen LogP contribution is 2.24. The van der Waals surface area contributed by atoms with Crippen LogP contribution >= 0.6 is 11.6 Å². The highest BCUT2D eigenvalue weighted by Gasteiger charge is 2.13. The van der Waals surface area contributed by atoms with Gasteiger partial charge in [0.2, 0.25) is 0 Å². The van der Waals surface area contributed by atoms with E-state index in [0.29, 0.717) is 16.3 Å². The zero-order valence-corrected chi connectivity index (χ0v) is 15.0. The molecule has 0 radical (unpaired) electrons. The van der Waals surface area contributed by atoms with Gasteiger partial charge in [-0.3, -0.25) is 9.59 Å². The van der Waals surface area contributed by atoms with Crippen molar-refractivity contribution in [3.63, 3.8) is 0 Å². The molecule has 136 valence electrons. The molecule has 0 saturated heterocycles. The van der Waals surface area contributed by atoms with Crippen molar-refractivity contribution < 1.29 is 14.0 Å². The maximum absolute atomic E-state index is 13.8. The number of halogens is 2. The lowest BCUT2D eigenvalue weighted by atomic mass is 10.2. The van der Waals surface area contributed by atoms with Crippen LogP contribution in [0, 0.1) is 5.82 Å². The van der Waals surface area contributed by atoms with Crippen LogP contribution in [0.1, 0.15) is 19.4 Å². The summed E-state index contributed by atoms with van der Waals surface area (Å²) in [7, 11) is 0. The van der Waals surface area contributed by atoms with Gasteiger partial charge in [-0.15, -0.1) is 0 Å². The van der Waals surface area contributed by atoms with Crippen LogP contribution in [0.2, 0.25) is 5.02 Å². The average molecular weight is 377 g/mol.